The summed E-state index contributed by atoms with van der Waals surface area (Å²) in [6.07, 6.45) is 3.38. The number of aromatic nitrogens is 2. The molecular weight excluding hydrogens is 336 g/mol. The summed E-state index contributed by atoms with van der Waals surface area (Å²) in [5.41, 5.74) is 1.68. The van der Waals surface area contributed by atoms with E-state index in [2.05, 4.69) is 41.8 Å². The second kappa shape index (κ2) is 5.03. The van der Waals surface area contributed by atoms with Gasteiger partial charge in [-0.25, -0.2) is 9.97 Å². The number of hydrogen-bond acceptors (Lipinski definition) is 3. The van der Waals surface area contributed by atoms with E-state index in [1.165, 1.54) is 0 Å². The van der Waals surface area contributed by atoms with Crippen LogP contribution in [0.3, 0.4) is 0 Å². The van der Waals surface area contributed by atoms with E-state index in [1.54, 1.807) is 18.5 Å². The second-order valence-corrected chi connectivity index (χ2v) is 4.86. The smallest absolute Gasteiger partial charge is 0.160 e. The van der Waals surface area contributed by atoms with Crippen LogP contribution in [0.5, 0.6) is 0 Å². The SMILES string of the molecule is OCc1cc(-c2ncccn2)c(Br)cc1Br. The highest BCUT2D eigenvalue weighted by Gasteiger charge is 2.09. The molecule has 1 aromatic heterocycles. The molecule has 0 atom stereocenters. The second-order valence-electron chi connectivity index (χ2n) is 3.15. The fourth-order valence-corrected chi connectivity index (χ4v) is 2.62. The molecule has 0 radical (unpaired) electrons. The van der Waals surface area contributed by atoms with E-state index >= 15 is 0 Å². The Morgan fingerprint density at radius 2 is 1.75 bits per heavy atom. The lowest BCUT2D eigenvalue weighted by Gasteiger charge is -2.07. The average Bonchev–Trinajstić information content (AvgIpc) is 2.30. The number of benzene rings is 1. The van der Waals surface area contributed by atoms with E-state index < -0.39 is 0 Å². The lowest BCUT2D eigenvalue weighted by molar-refractivity contribution is 0.281. The number of nitrogens with zero attached hydrogens (tertiary/aromatic N) is 2. The topological polar surface area (TPSA) is 46.0 Å². The number of aliphatic hydroxyl groups excluding tert-OH is 1. The lowest BCUT2D eigenvalue weighted by atomic mass is 10.1. The molecule has 5 heteroatoms. The molecule has 0 saturated heterocycles. The zero-order valence-corrected chi connectivity index (χ0v) is 11.4. The third-order valence-corrected chi connectivity index (χ3v) is 3.51. The fraction of sp³-hybridized carbons (Fsp3) is 0.0909. The van der Waals surface area contributed by atoms with E-state index in [4.69, 9.17) is 0 Å². The first-order valence-electron chi connectivity index (χ1n) is 4.58. The van der Waals surface area contributed by atoms with Gasteiger partial charge in [-0.1, -0.05) is 15.9 Å². The van der Waals surface area contributed by atoms with Crippen LogP contribution in [0.25, 0.3) is 11.4 Å². The van der Waals surface area contributed by atoms with Gasteiger partial charge >= 0.3 is 0 Å². The Morgan fingerprint density at radius 3 is 2.38 bits per heavy atom. The summed E-state index contributed by atoms with van der Waals surface area (Å²) in [7, 11) is 0. The van der Waals surface area contributed by atoms with Crippen LogP contribution in [0.15, 0.2) is 39.5 Å². The van der Waals surface area contributed by atoms with Crippen LogP contribution in [0.1, 0.15) is 5.56 Å². The molecule has 0 unspecified atom stereocenters. The maximum Gasteiger partial charge on any atom is 0.160 e. The predicted molar refractivity (Wildman–Crippen MR) is 68.8 cm³/mol. The molecule has 2 aromatic rings. The normalized spacial score (nSPS) is 10.4. The van der Waals surface area contributed by atoms with Crippen molar-refractivity contribution >= 4 is 31.9 Å². The molecule has 0 saturated carbocycles. The van der Waals surface area contributed by atoms with Crippen molar-refractivity contribution in [3.63, 3.8) is 0 Å². The number of rotatable bonds is 2. The monoisotopic (exact) mass is 342 g/mol. The maximum absolute atomic E-state index is 9.19. The third kappa shape index (κ3) is 2.31. The Morgan fingerprint density at radius 1 is 1.06 bits per heavy atom. The summed E-state index contributed by atoms with van der Waals surface area (Å²) in [6.45, 7) is -0.0201. The van der Waals surface area contributed by atoms with E-state index in [9.17, 15) is 5.11 Å². The number of hydrogen-bond donors (Lipinski definition) is 1. The molecule has 82 valence electrons. The van der Waals surface area contributed by atoms with Gasteiger partial charge < -0.3 is 5.11 Å². The molecule has 1 N–H and O–H groups in total. The fourth-order valence-electron chi connectivity index (χ4n) is 1.32. The number of halogens is 2. The minimum atomic E-state index is -0.0201. The quantitative estimate of drug-likeness (QED) is 0.911. The molecule has 3 nitrogen and oxygen atoms in total. The van der Waals surface area contributed by atoms with Gasteiger partial charge in [0.25, 0.3) is 0 Å². The Balaban J connectivity index is 2.57. The highest BCUT2D eigenvalue weighted by atomic mass is 79.9. The summed E-state index contributed by atoms with van der Waals surface area (Å²) >= 11 is 6.84. The van der Waals surface area contributed by atoms with Gasteiger partial charge in [0.2, 0.25) is 0 Å². The molecular formula is C11H8Br2N2O. The van der Waals surface area contributed by atoms with Crippen molar-refractivity contribution in [2.75, 3.05) is 0 Å². The average molecular weight is 344 g/mol. The third-order valence-electron chi connectivity index (χ3n) is 2.11. The Hall–Kier alpha value is -0.780. The van der Waals surface area contributed by atoms with Crippen molar-refractivity contribution in [3.05, 3.63) is 45.1 Å². The summed E-state index contributed by atoms with van der Waals surface area (Å²) in [5.74, 6) is 0.636. The van der Waals surface area contributed by atoms with Gasteiger partial charge in [-0.15, -0.1) is 0 Å². The maximum atomic E-state index is 9.19. The first-order chi connectivity index (χ1) is 7.72. The highest BCUT2D eigenvalue weighted by Crippen LogP contribution is 2.31. The standard InChI is InChI=1S/C11H8Br2N2O/c12-9-5-10(13)8(4-7(9)6-16)11-14-2-1-3-15-11/h1-5,16H,6H2. The van der Waals surface area contributed by atoms with Crippen LogP contribution in [0.4, 0.5) is 0 Å². The first-order valence-corrected chi connectivity index (χ1v) is 6.17. The van der Waals surface area contributed by atoms with E-state index in [0.29, 0.717) is 5.82 Å². The minimum absolute atomic E-state index is 0.0201. The van der Waals surface area contributed by atoms with Gasteiger partial charge in [0.1, 0.15) is 0 Å². The van der Waals surface area contributed by atoms with Crippen molar-refractivity contribution in [1.82, 2.24) is 9.97 Å². The largest absolute Gasteiger partial charge is 0.392 e. The molecule has 0 fully saturated rings. The molecule has 0 amide bonds. The van der Waals surface area contributed by atoms with Gasteiger partial charge in [-0.3, -0.25) is 0 Å². The van der Waals surface area contributed by atoms with Gasteiger partial charge in [0.05, 0.1) is 6.61 Å². The molecule has 2 rings (SSSR count). The molecule has 0 spiro atoms. The molecule has 0 bridgehead atoms. The zero-order valence-electron chi connectivity index (χ0n) is 8.19. The van der Waals surface area contributed by atoms with Gasteiger partial charge in [0, 0.05) is 26.9 Å². The predicted octanol–water partition coefficient (Wildman–Crippen LogP) is 3.16. The number of aliphatic hydroxyl groups is 1. The summed E-state index contributed by atoms with van der Waals surface area (Å²) in [6, 6.07) is 5.52. The van der Waals surface area contributed by atoms with Crippen molar-refractivity contribution in [2.24, 2.45) is 0 Å². The molecule has 0 aliphatic heterocycles. The van der Waals surface area contributed by atoms with Crippen molar-refractivity contribution in [2.45, 2.75) is 6.61 Å². The Kier molecular flexibility index (Phi) is 3.68. The first kappa shape index (κ1) is 11.7. The van der Waals surface area contributed by atoms with E-state index in [1.807, 2.05) is 12.1 Å². The van der Waals surface area contributed by atoms with Crippen LogP contribution in [-0.4, -0.2) is 15.1 Å². The Bertz CT molecular complexity index is 503. The van der Waals surface area contributed by atoms with Gasteiger partial charge in [-0.05, 0) is 39.7 Å². The molecule has 16 heavy (non-hydrogen) atoms. The van der Waals surface area contributed by atoms with E-state index in [-0.39, 0.29) is 6.61 Å². The zero-order chi connectivity index (χ0) is 11.5. The van der Waals surface area contributed by atoms with Crippen LogP contribution in [0.2, 0.25) is 0 Å². The van der Waals surface area contributed by atoms with Crippen molar-refractivity contribution < 1.29 is 5.11 Å². The summed E-state index contributed by atoms with van der Waals surface area (Å²) in [5, 5.41) is 9.19. The lowest BCUT2D eigenvalue weighted by Crippen LogP contribution is -1.92. The van der Waals surface area contributed by atoms with Crippen LogP contribution in [0, 0.1) is 0 Å². The van der Waals surface area contributed by atoms with Crippen molar-refractivity contribution in [1.29, 1.82) is 0 Å². The van der Waals surface area contributed by atoms with E-state index in [0.717, 1.165) is 20.1 Å². The summed E-state index contributed by atoms with van der Waals surface area (Å²) in [4.78, 5) is 8.35. The van der Waals surface area contributed by atoms with Crippen LogP contribution < -0.4 is 0 Å². The van der Waals surface area contributed by atoms with Gasteiger partial charge in [0.15, 0.2) is 5.82 Å². The molecule has 0 aliphatic carbocycles. The van der Waals surface area contributed by atoms with Gasteiger partial charge in [-0.2, -0.15) is 0 Å². The molecule has 1 heterocycles. The minimum Gasteiger partial charge on any atom is -0.392 e. The summed E-state index contributed by atoms with van der Waals surface area (Å²) < 4.78 is 1.75. The molecule has 0 aliphatic rings. The molecule has 1 aromatic carbocycles. The Labute approximate surface area is 110 Å². The van der Waals surface area contributed by atoms with Crippen molar-refractivity contribution in [3.8, 4) is 11.4 Å². The van der Waals surface area contributed by atoms with Crippen LogP contribution >= 0.6 is 31.9 Å². The van der Waals surface area contributed by atoms with Crippen LogP contribution in [-0.2, 0) is 6.61 Å². The highest BCUT2D eigenvalue weighted by molar-refractivity contribution is 9.11.